The SMILES string of the molecule is O=C(CS(=O)c1ccccc1)c1coc2ccccc12. The number of hydrogen-bond donors (Lipinski definition) is 0. The van der Waals surface area contributed by atoms with Gasteiger partial charge in [-0.1, -0.05) is 36.4 Å². The largest absolute Gasteiger partial charge is 0.464 e. The van der Waals surface area contributed by atoms with Crippen LogP contribution in [0, 0.1) is 0 Å². The molecular weight excluding hydrogens is 272 g/mol. The summed E-state index contributed by atoms with van der Waals surface area (Å²) in [6.45, 7) is 0. The number of carbonyl (C=O) groups excluding carboxylic acids is 1. The Hall–Kier alpha value is -2.20. The van der Waals surface area contributed by atoms with Crippen molar-refractivity contribution in [2.45, 2.75) is 4.90 Å². The lowest BCUT2D eigenvalue weighted by molar-refractivity contribution is 0.102. The minimum Gasteiger partial charge on any atom is -0.464 e. The second kappa shape index (κ2) is 5.43. The predicted octanol–water partition coefficient (Wildman–Crippen LogP) is 3.42. The average Bonchev–Trinajstić information content (AvgIpc) is 2.92. The first-order chi connectivity index (χ1) is 9.75. The highest BCUT2D eigenvalue weighted by Crippen LogP contribution is 2.21. The Balaban J connectivity index is 1.85. The van der Waals surface area contributed by atoms with Gasteiger partial charge in [0.25, 0.3) is 0 Å². The molecular formula is C16H12O3S. The van der Waals surface area contributed by atoms with Gasteiger partial charge in [0, 0.05) is 10.3 Å². The number of Topliss-reactive ketones (excluding diaryl/α,β-unsaturated/α-hetero) is 1. The van der Waals surface area contributed by atoms with E-state index >= 15 is 0 Å². The fraction of sp³-hybridized carbons (Fsp3) is 0.0625. The Morgan fingerprint density at radius 3 is 2.50 bits per heavy atom. The summed E-state index contributed by atoms with van der Waals surface area (Å²) in [6, 6.07) is 16.3. The molecule has 0 aliphatic carbocycles. The van der Waals surface area contributed by atoms with Crippen molar-refractivity contribution in [2.24, 2.45) is 0 Å². The molecule has 0 spiro atoms. The van der Waals surface area contributed by atoms with E-state index in [1.165, 1.54) is 6.26 Å². The van der Waals surface area contributed by atoms with Gasteiger partial charge in [-0.2, -0.15) is 0 Å². The van der Waals surface area contributed by atoms with Crippen LogP contribution in [0.3, 0.4) is 0 Å². The van der Waals surface area contributed by atoms with Crippen LogP contribution in [-0.4, -0.2) is 15.7 Å². The molecule has 1 atom stereocenters. The van der Waals surface area contributed by atoms with E-state index in [9.17, 15) is 9.00 Å². The fourth-order valence-corrected chi connectivity index (χ4v) is 3.07. The molecule has 4 heteroatoms. The zero-order valence-electron chi connectivity index (χ0n) is 10.6. The number of rotatable bonds is 4. The lowest BCUT2D eigenvalue weighted by Crippen LogP contribution is -2.10. The summed E-state index contributed by atoms with van der Waals surface area (Å²) in [7, 11) is -1.33. The van der Waals surface area contributed by atoms with Crippen molar-refractivity contribution in [2.75, 3.05) is 5.75 Å². The number of hydrogen-bond acceptors (Lipinski definition) is 3. The molecule has 3 rings (SSSR count). The summed E-state index contributed by atoms with van der Waals surface area (Å²) in [5, 5.41) is 0.766. The molecule has 3 nitrogen and oxygen atoms in total. The monoisotopic (exact) mass is 284 g/mol. The molecule has 0 N–H and O–H groups in total. The van der Waals surface area contributed by atoms with Crippen LogP contribution in [0.1, 0.15) is 10.4 Å². The summed E-state index contributed by atoms with van der Waals surface area (Å²) >= 11 is 0. The number of benzene rings is 2. The third kappa shape index (κ3) is 2.42. The van der Waals surface area contributed by atoms with Gasteiger partial charge in [0.15, 0.2) is 5.78 Å². The summed E-state index contributed by atoms with van der Waals surface area (Å²) in [5.41, 5.74) is 1.16. The predicted molar refractivity (Wildman–Crippen MR) is 78.3 cm³/mol. The molecule has 1 unspecified atom stereocenters. The maximum atomic E-state index is 12.3. The van der Waals surface area contributed by atoms with E-state index in [4.69, 9.17) is 4.42 Å². The highest BCUT2D eigenvalue weighted by molar-refractivity contribution is 7.85. The van der Waals surface area contributed by atoms with Crippen LogP contribution in [0.5, 0.6) is 0 Å². The molecule has 0 radical (unpaired) electrons. The molecule has 0 amide bonds. The van der Waals surface area contributed by atoms with E-state index in [2.05, 4.69) is 0 Å². The van der Waals surface area contributed by atoms with Crippen LogP contribution in [0.25, 0.3) is 11.0 Å². The number of para-hydroxylation sites is 1. The second-order valence-electron chi connectivity index (χ2n) is 4.37. The summed E-state index contributed by atoms with van der Waals surface area (Å²) in [4.78, 5) is 12.9. The van der Waals surface area contributed by atoms with Gasteiger partial charge in [-0.25, -0.2) is 0 Å². The van der Waals surface area contributed by atoms with Crippen molar-refractivity contribution in [1.82, 2.24) is 0 Å². The molecule has 1 aromatic heterocycles. The average molecular weight is 284 g/mol. The quantitative estimate of drug-likeness (QED) is 0.690. The molecule has 3 aromatic rings. The van der Waals surface area contributed by atoms with Crippen molar-refractivity contribution in [3.05, 3.63) is 66.4 Å². The fourth-order valence-electron chi connectivity index (χ4n) is 2.05. The van der Waals surface area contributed by atoms with Gasteiger partial charge in [0.2, 0.25) is 0 Å². The zero-order chi connectivity index (χ0) is 13.9. The number of furan rings is 1. The van der Waals surface area contributed by atoms with E-state index in [0.717, 1.165) is 5.39 Å². The number of fused-ring (bicyclic) bond motifs is 1. The third-order valence-electron chi connectivity index (χ3n) is 3.05. The van der Waals surface area contributed by atoms with Crippen molar-refractivity contribution in [3.63, 3.8) is 0 Å². The van der Waals surface area contributed by atoms with Crippen LogP contribution in [-0.2, 0) is 10.8 Å². The molecule has 0 saturated heterocycles. The van der Waals surface area contributed by atoms with Crippen LogP contribution >= 0.6 is 0 Å². The van der Waals surface area contributed by atoms with Gasteiger partial charge < -0.3 is 4.42 Å². The van der Waals surface area contributed by atoms with E-state index in [1.807, 2.05) is 36.4 Å². The minimum atomic E-state index is -1.33. The van der Waals surface area contributed by atoms with Crippen LogP contribution in [0.4, 0.5) is 0 Å². The molecule has 0 aliphatic heterocycles. The smallest absolute Gasteiger partial charge is 0.179 e. The molecule has 0 aliphatic rings. The summed E-state index contributed by atoms with van der Waals surface area (Å²) in [6.07, 6.45) is 1.44. The van der Waals surface area contributed by atoms with Crippen molar-refractivity contribution < 1.29 is 13.4 Å². The van der Waals surface area contributed by atoms with Gasteiger partial charge in [-0.3, -0.25) is 9.00 Å². The maximum absolute atomic E-state index is 12.3. The van der Waals surface area contributed by atoms with Gasteiger partial charge in [0.1, 0.15) is 11.8 Å². The Kier molecular flexibility index (Phi) is 3.48. The van der Waals surface area contributed by atoms with Crippen LogP contribution < -0.4 is 0 Å². The highest BCUT2D eigenvalue weighted by Gasteiger charge is 2.16. The van der Waals surface area contributed by atoms with E-state index in [1.54, 1.807) is 18.2 Å². The molecule has 0 bridgehead atoms. The second-order valence-corrected chi connectivity index (χ2v) is 5.82. The minimum absolute atomic E-state index is 0.0342. The van der Waals surface area contributed by atoms with Gasteiger partial charge in [-0.05, 0) is 18.2 Å². The van der Waals surface area contributed by atoms with Gasteiger partial charge in [0.05, 0.1) is 22.1 Å². The van der Waals surface area contributed by atoms with Crippen molar-refractivity contribution in [1.29, 1.82) is 0 Å². The first-order valence-electron chi connectivity index (χ1n) is 6.18. The number of carbonyl (C=O) groups is 1. The first kappa shape index (κ1) is 12.8. The lowest BCUT2D eigenvalue weighted by Gasteiger charge is -2.00. The Morgan fingerprint density at radius 1 is 1.00 bits per heavy atom. The van der Waals surface area contributed by atoms with E-state index in [-0.39, 0.29) is 11.5 Å². The molecule has 100 valence electrons. The zero-order valence-corrected chi connectivity index (χ0v) is 11.4. The topological polar surface area (TPSA) is 47.3 Å². The number of ketones is 1. The first-order valence-corrected chi connectivity index (χ1v) is 7.50. The van der Waals surface area contributed by atoms with Crippen molar-refractivity contribution >= 4 is 27.6 Å². The van der Waals surface area contributed by atoms with E-state index in [0.29, 0.717) is 16.0 Å². The highest BCUT2D eigenvalue weighted by atomic mass is 32.2. The summed E-state index contributed by atoms with van der Waals surface area (Å²) in [5.74, 6) is -0.204. The van der Waals surface area contributed by atoms with Crippen molar-refractivity contribution in [3.8, 4) is 0 Å². The maximum Gasteiger partial charge on any atom is 0.179 e. The Labute approximate surface area is 118 Å². The lowest BCUT2D eigenvalue weighted by atomic mass is 10.1. The molecule has 1 heterocycles. The van der Waals surface area contributed by atoms with Crippen LogP contribution in [0.15, 0.2) is 70.2 Å². The standard InChI is InChI=1S/C16H12O3S/c17-15(11-20(18)12-6-2-1-3-7-12)14-10-19-16-9-5-4-8-13(14)16/h1-10H,11H2. The molecule has 20 heavy (non-hydrogen) atoms. The van der Waals surface area contributed by atoms with E-state index < -0.39 is 10.8 Å². The Morgan fingerprint density at radius 2 is 1.70 bits per heavy atom. The molecule has 0 saturated carbocycles. The molecule has 2 aromatic carbocycles. The normalized spacial score (nSPS) is 12.4. The Bertz CT molecular complexity index is 775. The van der Waals surface area contributed by atoms with Gasteiger partial charge in [-0.15, -0.1) is 0 Å². The van der Waals surface area contributed by atoms with Crippen LogP contribution in [0.2, 0.25) is 0 Å². The molecule has 0 fully saturated rings. The third-order valence-corrected chi connectivity index (χ3v) is 4.37. The summed E-state index contributed by atoms with van der Waals surface area (Å²) < 4.78 is 17.5. The van der Waals surface area contributed by atoms with Gasteiger partial charge >= 0.3 is 0 Å².